The number of carbonyl (C=O) groups is 1. The molecule has 0 aliphatic rings. The molecule has 1 aromatic rings. The van der Waals surface area contributed by atoms with Gasteiger partial charge in [0, 0.05) is 19.4 Å². The summed E-state index contributed by atoms with van der Waals surface area (Å²) in [4.78, 5) is 11.7. The van der Waals surface area contributed by atoms with E-state index < -0.39 is 0 Å². The molecular formula is C16H24O2. The molecule has 0 unspecified atom stereocenters. The molecule has 0 radical (unpaired) electrons. The molecule has 0 saturated carbocycles. The second kappa shape index (κ2) is 8.04. The van der Waals surface area contributed by atoms with Crippen LogP contribution < -0.4 is 0 Å². The largest absolute Gasteiger partial charge is 0.381 e. The minimum absolute atomic E-state index is 0.253. The molecule has 0 saturated heterocycles. The van der Waals surface area contributed by atoms with Crippen molar-refractivity contribution in [3.8, 4) is 0 Å². The Hall–Kier alpha value is -1.15. The third kappa shape index (κ3) is 5.46. The lowest BCUT2D eigenvalue weighted by molar-refractivity contribution is -0.119. The van der Waals surface area contributed by atoms with Crippen molar-refractivity contribution >= 4 is 5.78 Å². The summed E-state index contributed by atoms with van der Waals surface area (Å²) in [5, 5.41) is 0. The number of Topliss-reactive ketones (excluding diaryl/α,β-unsaturated/α-hetero) is 1. The van der Waals surface area contributed by atoms with E-state index in [0.717, 1.165) is 18.6 Å². The molecule has 1 rings (SSSR count). The highest BCUT2D eigenvalue weighted by atomic mass is 16.5. The summed E-state index contributed by atoms with van der Waals surface area (Å²) in [6.07, 6.45) is 2.05. The van der Waals surface area contributed by atoms with Crippen LogP contribution in [0.3, 0.4) is 0 Å². The summed E-state index contributed by atoms with van der Waals surface area (Å²) in [6, 6.07) is 8.34. The summed E-state index contributed by atoms with van der Waals surface area (Å²) in [5.41, 5.74) is 2.41. The number of ether oxygens (including phenoxy) is 1. The van der Waals surface area contributed by atoms with Gasteiger partial charge in [0.25, 0.3) is 0 Å². The van der Waals surface area contributed by atoms with Crippen LogP contribution in [0.4, 0.5) is 0 Å². The van der Waals surface area contributed by atoms with E-state index in [-0.39, 0.29) is 5.78 Å². The number of carbonyl (C=O) groups excluding carboxylic acids is 1. The van der Waals surface area contributed by atoms with Crippen LogP contribution in [0.1, 0.15) is 50.7 Å². The van der Waals surface area contributed by atoms with Crippen molar-refractivity contribution in [1.29, 1.82) is 0 Å². The summed E-state index contributed by atoms with van der Waals surface area (Å²) < 4.78 is 5.32. The van der Waals surface area contributed by atoms with Crippen molar-refractivity contribution < 1.29 is 9.53 Å². The third-order valence-electron chi connectivity index (χ3n) is 2.92. The molecule has 0 heterocycles. The maximum atomic E-state index is 11.7. The van der Waals surface area contributed by atoms with Gasteiger partial charge in [-0.3, -0.25) is 4.79 Å². The van der Waals surface area contributed by atoms with Crippen LogP contribution in [0.25, 0.3) is 0 Å². The van der Waals surface area contributed by atoms with E-state index in [4.69, 9.17) is 4.74 Å². The van der Waals surface area contributed by atoms with E-state index in [2.05, 4.69) is 45.0 Å². The van der Waals surface area contributed by atoms with Gasteiger partial charge in [0.15, 0.2) is 0 Å². The molecule has 0 aromatic heterocycles. The molecule has 0 aliphatic heterocycles. The molecule has 1 aromatic carbocycles. The van der Waals surface area contributed by atoms with Crippen molar-refractivity contribution in [2.45, 2.75) is 46.0 Å². The summed E-state index contributed by atoms with van der Waals surface area (Å²) in [5.74, 6) is 0.792. The lowest BCUT2D eigenvalue weighted by atomic mass is 10.00. The van der Waals surface area contributed by atoms with Crippen molar-refractivity contribution in [1.82, 2.24) is 0 Å². The quantitative estimate of drug-likeness (QED) is 0.655. The second-order valence-corrected chi connectivity index (χ2v) is 4.97. The zero-order valence-corrected chi connectivity index (χ0v) is 11.7. The first kappa shape index (κ1) is 14.9. The average Bonchev–Trinajstić information content (AvgIpc) is 2.35. The lowest BCUT2D eigenvalue weighted by Gasteiger charge is -2.07. The maximum absolute atomic E-state index is 11.7. The molecule has 0 bridgehead atoms. The van der Waals surface area contributed by atoms with Crippen LogP contribution >= 0.6 is 0 Å². The molecule has 2 heteroatoms. The molecule has 2 nitrogen and oxygen atoms in total. The minimum Gasteiger partial charge on any atom is -0.381 e. The van der Waals surface area contributed by atoms with Gasteiger partial charge < -0.3 is 4.74 Å². The fourth-order valence-electron chi connectivity index (χ4n) is 1.77. The maximum Gasteiger partial charge on any atom is 0.139 e. The zero-order valence-electron chi connectivity index (χ0n) is 11.7. The van der Waals surface area contributed by atoms with E-state index in [1.54, 1.807) is 0 Å². The van der Waals surface area contributed by atoms with Gasteiger partial charge in [-0.2, -0.15) is 0 Å². The second-order valence-electron chi connectivity index (χ2n) is 4.97. The highest BCUT2D eigenvalue weighted by Crippen LogP contribution is 2.15. The Kier molecular flexibility index (Phi) is 6.66. The Labute approximate surface area is 110 Å². The van der Waals surface area contributed by atoms with E-state index in [1.165, 1.54) is 5.56 Å². The van der Waals surface area contributed by atoms with Gasteiger partial charge in [-0.1, -0.05) is 45.0 Å². The Bertz CT molecular complexity index is 352. The Morgan fingerprint density at radius 3 is 2.39 bits per heavy atom. The molecule has 0 atom stereocenters. The molecule has 100 valence electrons. The summed E-state index contributed by atoms with van der Waals surface area (Å²) in [7, 11) is 0. The first-order chi connectivity index (χ1) is 8.63. The van der Waals surface area contributed by atoms with Gasteiger partial charge in [-0.15, -0.1) is 0 Å². The van der Waals surface area contributed by atoms with Crippen LogP contribution in [0, 0.1) is 0 Å². The van der Waals surface area contributed by atoms with Crippen molar-refractivity contribution in [3.05, 3.63) is 35.4 Å². The van der Waals surface area contributed by atoms with Crippen LogP contribution in [-0.4, -0.2) is 19.0 Å². The molecule has 0 spiro atoms. The smallest absolute Gasteiger partial charge is 0.139 e. The highest BCUT2D eigenvalue weighted by molar-refractivity contribution is 5.80. The van der Waals surface area contributed by atoms with E-state index in [9.17, 15) is 4.79 Å². The number of hydrogen-bond donors (Lipinski definition) is 0. The predicted octanol–water partition coefficient (Wildman–Crippen LogP) is 3.74. The predicted molar refractivity (Wildman–Crippen MR) is 75.0 cm³/mol. The number of hydrogen-bond acceptors (Lipinski definition) is 2. The average molecular weight is 248 g/mol. The Morgan fingerprint density at radius 2 is 1.83 bits per heavy atom. The monoisotopic (exact) mass is 248 g/mol. The van der Waals surface area contributed by atoms with Crippen LogP contribution in [0.2, 0.25) is 0 Å². The third-order valence-corrected chi connectivity index (χ3v) is 2.92. The Morgan fingerprint density at radius 1 is 1.17 bits per heavy atom. The first-order valence-electron chi connectivity index (χ1n) is 6.81. The van der Waals surface area contributed by atoms with Gasteiger partial charge in [0.05, 0.1) is 6.61 Å². The van der Waals surface area contributed by atoms with Crippen LogP contribution in [-0.2, 0) is 16.0 Å². The SMILES string of the molecule is CCCOCCC(=O)Cc1ccc(C(C)C)cc1. The van der Waals surface area contributed by atoms with E-state index in [0.29, 0.717) is 25.4 Å². The molecule has 0 amide bonds. The number of ketones is 1. The zero-order chi connectivity index (χ0) is 13.4. The number of rotatable bonds is 8. The first-order valence-corrected chi connectivity index (χ1v) is 6.81. The van der Waals surface area contributed by atoms with E-state index in [1.807, 2.05) is 0 Å². The standard InChI is InChI=1S/C16H24O2/c1-4-10-18-11-9-16(17)12-14-5-7-15(8-6-14)13(2)3/h5-8,13H,4,9-12H2,1-3H3. The fourth-order valence-corrected chi connectivity index (χ4v) is 1.77. The van der Waals surface area contributed by atoms with Gasteiger partial charge in [-0.05, 0) is 23.5 Å². The molecule has 18 heavy (non-hydrogen) atoms. The van der Waals surface area contributed by atoms with Crippen LogP contribution in [0.15, 0.2) is 24.3 Å². The summed E-state index contributed by atoms with van der Waals surface area (Å²) >= 11 is 0. The minimum atomic E-state index is 0.253. The summed E-state index contributed by atoms with van der Waals surface area (Å²) in [6.45, 7) is 7.71. The van der Waals surface area contributed by atoms with Crippen molar-refractivity contribution in [2.75, 3.05) is 13.2 Å². The fraction of sp³-hybridized carbons (Fsp3) is 0.562. The molecular weight excluding hydrogens is 224 g/mol. The van der Waals surface area contributed by atoms with Crippen molar-refractivity contribution in [3.63, 3.8) is 0 Å². The number of benzene rings is 1. The van der Waals surface area contributed by atoms with E-state index >= 15 is 0 Å². The van der Waals surface area contributed by atoms with Gasteiger partial charge in [-0.25, -0.2) is 0 Å². The Balaban J connectivity index is 2.35. The normalized spacial score (nSPS) is 10.9. The van der Waals surface area contributed by atoms with Crippen molar-refractivity contribution in [2.24, 2.45) is 0 Å². The molecule has 0 N–H and O–H groups in total. The topological polar surface area (TPSA) is 26.3 Å². The highest BCUT2D eigenvalue weighted by Gasteiger charge is 2.05. The molecule has 0 aliphatic carbocycles. The van der Waals surface area contributed by atoms with Crippen LogP contribution in [0.5, 0.6) is 0 Å². The lowest BCUT2D eigenvalue weighted by Crippen LogP contribution is -2.07. The van der Waals surface area contributed by atoms with Gasteiger partial charge in [0.1, 0.15) is 5.78 Å². The molecule has 0 fully saturated rings. The van der Waals surface area contributed by atoms with Gasteiger partial charge >= 0.3 is 0 Å². The van der Waals surface area contributed by atoms with Gasteiger partial charge in [0.2, 0.25) is 0 Å².